The molecule has 1 atom stereocenters. The number of carbonyl (C=O) groups excluding carboxylic acids is 1. The molecule has 0 saturated heterocycles. The molecule has 1 unspecified atom stereocenters. The lowest BCUT2D eigenvalue weighted by molar-refractivity contribution is -0.144. The van der Waals surface area contributed by atoms with Crippen molar-refractivity contribution >= 4 is 11.7 Å². The molecule has 0 spiro atoms. The predicted octanol–water partition coefficient (Wildman–Crippen LogP) is 3.88. The summed E-state index contributed by atoms with van der Waals surface area (Å²) in [6, 6.07) is 18.9. The van der Waals surface area contributed by atoms with E-state index < -0.39 is 12.0 Å². The maximum absolute atomic E-state index is 12.2. The zero-order valence-corrected chi connectivity index (χ0v) is 15.2. The zero-order chi connectivity index (χ0) is 18.3. The van der Waals surface area contributed by atoms with Crippen LogP contribution in [0.25, 0.3) is 0 Å². The van der Waals surface area contributed by atoms with E-state index in [0.29, 0.717) is 0 Å². The van der Waals surface area contributed by atoms with Gasteiger partial charge in [0.2, 0.25) is 0 Å². The molecule has 0 amide bonds. The molecule has 4 heteroatoms. The topological polar surface area (TPSA) is 47.9 Å². The van der Waals surface area contributed by atoms with Crippen LogP contribution in [0.3, 0.4) is 0 Å². The molecule has 0 fully saturated rings. The van der Waals surface area contributed by atoms with Gasteiger partial charge >= 0.3 is 5.97 Å². The van der Waals surface area contributed by atoms with E-state index in [1.54, 1.807) is 0 Å². The molecule has 0 aliphatic heterocycles. The average Bonchev–Trinajstić information content (AvgIpc) is 2.62. The van der Waals surface area contributed by atoms with E-state index in [-0.39, 0.29) is 12.2 Å². The van der Waals surface area contributed by atoms with E-state index in [1.165, 1.54) is 7.11 Å². The summed E-state index contributed by atoms with van der Waals surface area (Å²) in [5.74, 6) is -0.409. The van der Waals surface area contributed by atoms with Gasteiger partial charge in [-0.05, 0) is 20.8 Å². The fourth-order valence-corrected chi connectivity index (χ4v) is 2.29. The van der Waals surface area contributed by atoms with Gasteiger partial charge in [-0.2, -0.15) is 0 Å². The van der Waals surface area contributed by atoms with Crippen LogP contribution in [0, 0.1) is 0 Å². The Balaban J connectivity index is 2.43. The van der Waals surface area contributed by atoms with Crippen molar-refractivity contribution in [1.29, 1.82) is 0 Å². The van der Waals surface area contributed by atoms with Gasteiger partial charge in [0, 0.05) is 11.1 Å². The standard InChI is InChI=1S/C21H25NO3/c1-21(2,3)25-15-18(20(23)24-4)22-19(16-11-7-5-8-12-16)17-13-9-6-10-14-17/h5-14,18H,15H2,1-4H3. The molecular weight excluding hydrogens is 314 g/mol. The number of benzene rings is 2. The minimum absolute atomic E-state index is 0.166. The molecule has 2 aromatic carbocycles. The van der Waals surface area contributed by atoms with Gasteiger partial charge in [0.25, 0.3) is 0 Å². The molecule has 2 rings (SSSR count). The molecule has 0 aromatic heterocycles. The van der Waals surface area contributed by atoms with Gasteiger partial charge in [-0.25, -0.2) is 4.79 Å². The Hall–Kier alpha value is -2.46. The highest BCUT2D eigenvalue weighted by molar-refractivity contribution is 6.13. The van der Waals surface area contributed by atoms with Gasteiger partial charge in [-0.3, -0.25) is 4.99 Å². The minimum Gasteiger partial charge on any atom is -0.467 e. The average molecular weight is 339 g/mol. The zero-order valence-electron chi connectivity index (χ0n) is 15.2. The fraction of sp³-hybridized carbons (Fsp3) is 0.333. The fourth-order valence-electron chi connectivity index (χ4n) is 2.29. The Morgan fingerprint density at radius 2 is 1.44 bits per heavy atom. The lowest BCUT2D eigenvalue weighted by Crippen LogP contribution is -2.32. The molecule has 2 aromatic rings. The number of hydrogen-bond donors (Lipinski definition) is 0. The van der Waals surface area contributed by atoms with Gasteiger partial charge in [0.05, 0.1) is 25.0 Å². The lowest BCUT2D eigenvalue weighted by Gasteiger charge is -2.22. The Morgan fingerprint density at radius 3 is 1.84 bits per heavy atom. The first-order valence-electron chi connectivity index (χ1n) is 8.31. The highest BCUT2D eigenvalue weighted by Crippen LogP contribution is 2.15. The Morgan fingerprint density at radius 1 is 0.960 bits per heavy atom. The van der Waals surface area contributed by atoms with E-state index in [2.05, 4.69) is 0 Å². The van der Waals surface area contributed by atoms with Crippen LogP contribution in [-0.2, 0) is 14.3 Å². The summed E-state index contributed by atoms with van der Waals surface area (Å²) in [4.78, 5) is 16.9. The molecule has 0 aliphatic rings. The van der Waals surface area contributed by atoms with Crippen LogP contribution in [0.1, 0.15) is 31.9 Å². The molecule has 25 heavy (non-hydrogen) atoms. The first-order chi connectivity index (χ1) is 11.9. The Kier molecular flexibility index (Phi) is 6.48. The maximum Gasteiger partial charge on any atom is 0.333 e. The van der Waals surface area contributed by atoms with Gasteiger partial charge in [-0.15, -0.1) is 0 Å². The van der Waals surface area contributed by atoms with Crippen molar-refractivity contribution in [2.75, 3.05) is 13.7 Å². The van der Waals surface area contributed by atoms with Crippen LogP contribution < -0.4 is 0 Å². The van der Waals surface area contributed by atoms with Gasteiger partial charge < -0.3 is 9.47 Å². The van der Waals surface area contributed by atoms with E-state index >= 15 is 0 Å². The first kappa shape index (κ1) is 18.9. The number of nitrogens with zero attached hydrogens (tertiary/aromatic N) is 1. The predicted molar refractivity (Wildman–Crippen MR) is 100 cm³/mol. The molecule has 0 N–H and O–H groups in total. The number of esters is 1. The smallest absolute Gasteiger partial charge is 0.333 e. The van der Waals surface area contributed by atoms with Crippen molar-refractivity contribution in [3.8, 4) is 0 Å². The number of aliphatic imine (C=N–C) groups is 1. The molecule has 0 aliphatic carbocycles. The largest absolute Gasteiger partial charge is 0.467 e. The summed E-state index contributed by atoms with van der Waals surface area (Å²) in [6.45, 7) is 6.00. The second-order valence-corrected chi connectivity index (χ2v) is 6.67. The molecule has 0 bridgehead atoms. The lowest BCUT2D eigenvalue weighted by atomic mass is 10.0. The van der Waals surface area contributed by atoms with Crippen LogP contribution in [0.15, 0.2) is 65.7 Å². The number of rotatable bonds is 6. The van der Waals surface area contributed by atoms with Crippen LogP contribution in [-0.4, -0.2) is 37.0 Å². The molecule has 4 nitrogen and oxygen atoms in total. The maximum atomic E-state index is 12.2. The number of hydrogen-bond acceptors (Lipinski definition) is 4. The van der Waals surface area contributed by atoms with Crippen molar-refractivity contribution in [1.82, 2.24) is 0 Å². The first-order valence-corrected chi connectivity index (χ1v) is 8.31. The second-order valence-electron chi connectivity index (χ2n) is 6.67. The summed E-state index contributed by atoms with van der Waals surface area (Å²) in [6.07, 6.45) is 0. The summed E-state index contributed by atoms with van der Waals surface area (Å²) in [7, 11) is 1.37. The third-order valence-electron chi connectivity index (χ3n) is 3.53. The van der Waals surface area contributed by atoms with Gasteiger partial charge in [0.15, 0.2) is 6.04 Å². The molecule has 0 saturated carbocycles. The third-order valence-corrected chi connectivity index (χ3v) is 3.53. The molecule has 0 heterocycles. The Labute approximate surface area is 149 Å². The highest BCUT2D eigenvalue weighted by atomic mass is 16.5. The van der Waals surface area contributed by atoms with Crippen molar-refractivity contribution in [2.24, 2.45) is 4.99 Å². The quantitative estimate of drug-likeness (QED) is 0.593. The molecular formula is C21H25NO3. The van der Waals surface area contributed by atoms with Crippen molar-refractivity contribution in [3.63, 3.8) is 0 Å². The van der Waals surface area contributed by atoms with Crippen LogP contribution in [0.4, 0.5) is 0 Å². The normalized spacial score (nSPS) is 12.3. The molecule has 132 valence electrons. The minimum atomic E-state index is -0.723. The van der Waals surface area contributed by atoms with Crippen LogP contribution in [0.5, 0.6) is 0 Å². The summed E-state index contributed by atoms with van der Waals surface area (Å²) in [5, 5.41) is 0. The van der Waals surface area contributed by atoms with E-state index in [9.17, 15) is 4.79 Å². The summed E-state index contributed by atoms with van der Waals surface area (Å²) >= 11 is 0. The number of ether oxygens (including phenoxy) is 2. The van der Waals surface area contributed by atoms with Gasteiger partial charge in [0.1, 0.15) is 0 Å². The van der Waals surface area contributed by atoms with Crippen molar-refractivity contribution < 1.29 is 14.3 Å². The van der Waals surface area contributed by atoms with E-state index in [0.717, 1.165) is 16.8 Å². The summed E-state index contributed by atoms with van der Waals surface area (Å²) < 4.78 is 10.7. The summed E-state index contributed by atoms with van der Waals surface area (Å²) in [5.41, 5.74) is 2.27. The number of carbonyl (C=O) groups is 1. The van der Waals surface area contributed by atoms with E-state index in [1.807, 2.05) is 81.4 Å². The highest BCUT2D eigenvalue weighted by Gasteiger charge is 2.23. The Bertz CT molecular complexity index is 661. The van der Waals surface area contributed by atoms with Crippen LogP contribution >= 0.6 is 0 Å². The van der Waals surface area contributed by atoms with E-state index in [4.69, 9.17) is 14.5 Å². The SMILES string of the molecule is COC(=O)C(COC(C)(C)C)N=C(c1ccccc1)c1ccccc1. The number of methoxy groups -OCH3 is 1. The monoisotopic (exact) mass is 339 g/mol. The molecule has 0 radical (unpaired) electrons. The van der Waals surface area contributed by atoms with Crippen molar-refractivity contribution in [2.45, 2.75) is 32.4 Å². The van der Waals surface area contributed by atoms with Crippen molar-refractivity contribution in [3.05, 3.63) is 71.8 Å². The van der Waals surface area contributed by atoms with Gasteiger partial charge in [-0.1, -0.05) is 60.7 Å². The second kappa shape index (κ2) is 8.58. The van der Waals surface area contributed by atoms with Crippen LogP contribution in [0.2, 0.25) is 0 Å². The third kappa shape index (κ3) is 5.84.